The molecule has 1 atom stereocenters. The maximum absolute atomic E-state index is 11.5. The molecule has 0 aliphatic carbocycles. The average molecular weight is 297 g/mol. The summed E-state index contributed by atoms with van der Waals surface area (Å²) in [4.78, 5) is 31.9. The summed E-state index contributed by atoms with van der Waals surface area (Å²) < 4.78 is 0. The van der Waals surface area contributed by atoms with Gasteiger partial charge in [-0.1, -0.05) is 0 Å². The number of carbonyl (C=O) groups is 2. The molecule has 0 aromatic heterocycles. The summed E-state index contributed by atoms with van der Waals surface area (Å²) in [6.07, 6.45) is -0.509. The van der Waals surface area contributed by atoms with Gasteiger partial charge in [-0.15, -0.1) is 0 Å². The van der Waals surface area contributed by atoms with Crippen LogP contribution in [0.15, 0.2) is 24.3 Å². The van der Waals surface area contributed by atoms with E-state index in [2.05, 4.69) is 10.6 Å². The Morgan fingerprint density at radius 3 is 2.38 bits per heavy atom. The Bertz CT molecular complexity index is 540. The Morgan fingerprint density at radius 1 is 1.33 bits per heavy atom. The van der Waals surface area contributed by atoms with E-state index in [4.69, 9.17) is 5.11 Å². The third-order valence-electron chi connectivity index (χ3n) is 2.50. The summed E-state index contributed by atoms with van der Waals surface area (Å²) in [6, 6.07) is 4.52. The monoisotopic (exact) mass is 297 g/mol. The molecular weight excluding hydrogens is 282 g/mol. The molecule has 1 rings (SSSR count). The molecular formula is C12H15N3O6. The maximum atomic E-state index is 11.5. The van der Waals surface area contributed by atoms with Crippen molar-refractivity contribution in [1.82, 2.24) is 5.32 Å². The SMILES string of the molecule is CC(O)(CNC(=O)Nc1ccc([N+](=O)[O-])cc1)CC(=O)O. The summed E-state index contributed by atoms with van der Waals surface area (Å²) in [5.41, 5.74) is -1.35. The number of urea groups is 1. The number of nitro benzene ring substituents is 1. The largest absolute Gasteiger partial charge is 0.481 e. The highest BCUT2D eigenvalue weighted by molar-refractivity contribution is 5.89. The minimum Gasteiger partial charge on any atom is -0.481 e. The van der Waals surface area contributed by atoms with Crippen LogP contribution in [0, 0.1) is 10.1 Å². The molecule has 0 saturated carbocycles. The molecule has 21 heavy (non-hydrogen) atoms. The van der Waals surface area contributed by atoms with Crippen molar-refractivity contribution < 1.29 is 24.7 Å². The number of rotatable bonds is 6. The number of anilines is 1. The Morgan fingerprint density at radius 2 is 1.90 bits per heavy atom. The number of aliphatic hydroxyl groups is 1. The second kappa shape index (κ2) is 6.66. The molecule has 4 N–H and O–H groups in total. The first-order chi connectivity index (χ1) is 9.69. The first-order valence-corrected chi connectivity index (χ1v) is 5.93. The van der Waals surface area contributed by atoms with E-state index in [0.29, 0.717) is 5.69 Å². The number of carbonyl (C=O) groups excluding carboxylic acids is 1. The molecule has 2 amide bonds. The summed E-state index contributed by atoms with van der Waals surface area (Å²) in [7, 11) is 0. The molecule has 9 heteroatoms. The molecule has 0 spiro atoms. The number of benzene rings is 1. The van der Waals surface area contributed by atoms with Gasteiger partial charge in [0.1, 0.15) is 0 Å². The normalized spacial score (nSPS) is 13.0. The van der Waals surface area contributed by atoms with Crippen molar-refractivity contribution in [1.29, 1.82) is 0 Å². The molecule has 0 bridgehead atoms. The molecule has 114 valence electrons. The van der Waals surface area contributed by atoms with Gasteiger partial charge in [0.25, 0.3) is 5.69 Å². The van der Waals surface area contributed by atoms with Crippen LogP contribution in [-0.4, -0.2) is 39.3 Å². The van der Waals surface area contributed by atoms with Crippen molar-refractivity contribution in [2.24, 2.45) is 0 Å². The van der Waals surface area contributed by atoms with Gasteiger partial charge in [0.2, 0.25) is 0 Å². The molecule has 0 aliphatic rings. The van der Waals surface area contributed by atoms with E-state index in [0.717, 1.165) is 0 Å². The standard InChI is InChI=1S/C12H15N3O6/c1-12(19,6-10(16)17)7-13-11(18)14-8-2-4-9(5-3-8)15(20)21/h2-5,19H,6-7H2,1H3,(H,16,17)(H2,13,14,18). The highest BCUT2D eigenvalue weighted by Gasteiger charge is 2.24. The molecule has 0 saturated heterocycles. The molecule has 0 radical (unpaired) electrons. The van der Waals surface area contributed by atoms with Crippen LogP contribution in [0.1, 0.15) is 13.3 Å². The number of hydrogen-bond donors (Lipinski definition) is 4. The Labute approximate surface area is 119 Å². The number of carboxylic acids is 1. The zero-order valence-electron chi connectivity index (χ0n) is 11.2. The van der Waals surface area contributed by atoms with Gasteiger partial charge >= 0.3 is 12.0 Å². The fourth-order valence-corrected chi connectivity index (χ4v) is 1.50. The van der Waals surface area contributed by atoms with Gasteiger partial charge in [-0.2, -0.15) is 0 Å². The summed E-state index contributed by atoms with van der Waals surface area (Å²) >= 11 is 0. The van der Waals surface area contributed by atoms with Crippen molar-refractivity contribution in [3.8, 4) is 0 Å². The van der Waals surface area contributed by atoms with Gasteiger partial charge in [-0.3, -0.25) is 14.9 Å². The van der Waals surface area contributed by atoms with Crippen molar-refractivity contribution in [2.75, 3.05) is 11.9 Å². The van der Waals surface area contributed by atoms with Gasteiger partial charge in [0.05, 0.1) is 16.9 Å². The maximum Gasteiger partial charge on any atom is 0.319 e. The van der Waals surface area contributed by atoms with Gasteiger partial charge in [-0.25, -0.2) is 4.79 Å². The van der Waals surface area contributed by atoms with Crippen LogP contribution in [0.3, 0.4) is 0 Å². The molecule has 1 aromatic carbocycles. The summed E-state index contributed by atoms with van der Waals surface area (Å²) in [6.45, 7) is 1.03. The lowest BCUT2D eigenvalue weighted by Crippen LogP contribution is -2.43. The van der Waals surface area contributed by atoms with E-state index in [-0.39, 0.29) is 12.2 Å². The number of nitrogens with one attached hydrogen (secondary N) is 2. The zero-order chi connectivity index (χ0) is 16.0. The van der Waals surface area contributed by atoms with E-state index in [1.54, 1.807) is 0 Å². The first kappa shape index (κ1) is 16.4. The Kier molecular flexibility index (Phi) is 5.19. The predicted octanol–water partition coefficient (Wildman–Crippen LogP) is 0.942. The second-order valence-corrected chi connectivity index (χ2v) is 4.68. The van der Waals surface area contributed by atoms with Gasteiger partial charge in [0, 0.05) is 24.4 Å². The lowest BCUT2D eigenvalue weighted by atomic mass is 10.0. The minimum atomic E-state index is -1.57. The topological polar surface area (TPSA) is 142 Å². The fourth-order valence-electron chi connectivity index (χ4n) is 1.50. The molecule has 1 aromatic rings. The number of non-ortho nitro benzene ring substituents is 1. The lowest BCUT2D eigenvalue weighted by molar-refractivity contribution is -0.384. The number of nitro groups is 1. The third kappa shape index (κ3) is 5.87. The molecule has 0 aliphatic heterocycles. The van der Waals surface area contributed by atoms with E-state index in [9.17, 15) is 24.8 Å². The zero-order valence-corrected chi connectivity index (χ0v) is 11.2. The second-order valence-electron chi connectivity index (χ2n) is 4.68. The van der Waals surface area contributed by atoms with E-state index >= 15 is 0 Å². The summed E-state index contributed by atoms with van der Waals surface area (Å²) in [5.74, 6) is -1.18. The number of carboxylic acid groups (broad SMARTS) is 1. The highest BCUT2D eigenvalue weighted by atomic mass is 16.6. The minimum absolute atomic E-state index is 0.106. The smallest absolute Gasteiger partial charge is 0.319 e. The van der Waals surface area contributed by atoms with Crippen LogP contribution < -0.4 is 10.6 Å². The van der Waals surface area contributed by atoms with Crippen LogP contribution in [0.4, 0.5) is 16.2 Å². The summed E-state index contributed by atoms with van der Waals surface area (Å²) in [5, 5.41) is 33.5. The van der Waals surface area contributed by atoms with Crippen LogP contribution in [-0.2, 0) is 4.79 Å². The first-order valence-electron chi connectivity index (χ1n) is 5.93. The molecule has 0 fully saturated rings. The third-order valence-corrected chi connectivity index (χ3v) is 2.50. The van der Waals surface area contributed by atoms with Crippen LogP contribution >= 0.6 is 0 Å². The lowest BCUT2D eigenvalue weighted by Gasteiger charge is -2.21. The molecule has 1 unspecified atom stereocenters. The number of amides is 2. The van der Waals surface area contributed by atoms with E-state index < -0.39 is 28.9 Å². The van der Waals surface area contributed by atoms with Gasteiger partial charge in [0.15, 0.2) is 0 Å². The Hall–Kier alpha value is -2.68. The molecule has 0 heterocycles. The van der Waals surface area contributed by atoms with Crippen molar-refractivity contribution in [3.63, 3.8) is 0 Å². The average Bonchev–Trinajstić information content (AvgIpc) is 2.36. The van der Waals surface area contributed by atoms with Crippen LogP contribution in [0.5, 0.6) is 0 Å². The molecule has 9 nitrogen and oxygen atoms in total. The van der Waals surface area contributed by atoms with Crippen molar-refractivity contribution in [2.45, 2.75) is 18.9 Å². The Balaban J connectivity index is 2.50. The van der Waals surface area contributed by atoms with E-state index in [1.165, 1.54) is 31.2 Å². The van der Waals surface area contributed by atoms with Crippen molar-refractivity contribution >= 4 is 23.4 Å². The van der Waals surface area contributed by atoms with E-state index in [1.807, 2.05) is 0 Å². The fraction of sp³-hybridized carbons (Fsp3) is 0.333. The van der Waals surface area contributed by atoms with Crippen LogP contribution in [0.25, 0.3) is 0 Å². The predicted molar refractivity (Wildman–Crippen MR) is 73.0 cm³/mol. The van der Waals surface area contributed by atoms with Gasteiger partial charge in [-0.05, 0) is 19.1 Å². The van der Waals surface area contributed by atoms with Gasteiger partial charge < -0.3 is 20.8 Å². The number of nitrogens with zero attached hydrogens (tertiary/aromatic N) is 1. The van der Waals surface area contributed by atoms with Crippen molar-refractivity contribution in [3.05, 3.63) is 34.4 Å². The van der Waals surface area contributed by atoms with Crippen LogP contribution in [0.2, 0.25) is 0 Å². The number of hydrogen-bond acceptors (Lipinski definition) is 5. The quantitative estimate of drug-likeness (QED) is 0.454. The number of aliphatic carboxylic acids is 1. The highest BCUT2D eigenvalue weighted by Crippen LogP contribution is 2.15.